The average Bonchev–Trinajstić information content (AvgIpc) is 2.33. The predicted molar refractivity (Wildman–Crippen MR) is 80.1 cm³/mol. The molecule has 0 aliphatic carbocycles. The standard InChI is InChI=1S/C16H25NO3/c1-11-8-12(2)16(13(3)9-11)20-10-15(19)17-7-5-6-14(4)18/h8-9,14,18H,5-7,10H2,1-4H3,(H,17,19). The SMILES string of the molecule is Cc1cc(C)c(OCC(=O)NCCCC(C)O)c(C)c1. The Labute approximate surface area is 121 Å². The number of hydrogen-bond acceptors (Lipinski definition) is 3. The number of aliphatic hydroxyl groups excluding tert-OH is 1. The van der Waals surface area contributed by atoms with Crippen molar-refractivity contribution in [3.05, 3.63) is 28.8 Å². The molecule has 0 saturated heterocycles. The van der Waals surface area contributed by atoms with Gasteiger partial charge in [-0.3, -0.25) is 4.79 Å². The first-order valence-electron chi connectivity index (χ1n) is 7.05. The minimum Gasteiger partial charge on any atom is -0.483 e. The van der Waals surface area contributed by atoms with Crippen LogP contribution in [0.3, 0.4) is 0 Å². The number of carbonyl (C=O) groups is 1. The summed E-state index contributed by atoms with van der Waals surface area (Å²) in [6.45, 7) is 8.34. The van der Waals surface area contributed by atoms with Crippen LogP contribution in [0, 0.1) is 20.8 Å². The Morgan fingerprint density at radius 1 is 1.30 bits per heavy atom. The molecule has 0 aliphatic heterocycles. The summed E-state index contributed by atoms with van der Waals surface area (Å²) >= 11 is 0. The van der Waals surface area contributed by atoms with Crippen LogP contribution >= 0.6 is 0 Å². The molecule has 1 aromatic carbocycles. The van der Waals surface area contributed by atoms with Crippen molar-refractivity contribution < 1.29 is 14.6 Å². The van der Waals surface area contributed by atoms with Gasteiger partial charge in [0.05, 0.1) is 6.10 Å². The predicted octanol–water partition coefficient (Wildman–Crippen LogP) is 2.27. The van der Waals surface area contributed by atoms with Gasteiger partial charge in [0.15, 0.2) is 6.61 Å². The topological polar surface area (TPSA) is 58.6 Å². The fourth-order valence-electron chi connectivity index (χ4n) is 2.21. The molecule has 4 nitrogen and oxygen atoms in total. The molecule has 0 heterocycles. The number of aliphatic hydroxyl groups is 1. The summed E-state index contributed by atoms with van der Waals surface area (Å²) in [6, 6.07) is 4.09. The van der Waals surface area contributed by atoms with Crippen LogP contribution in [0.25, 0.3) is 0 Å². The van der Waals surface area contributed by atoms with Gasteiger partial charge in [-0.25, -0.2) is 0 Å². The van der Waals surface area contributed by atoms with E-state index in [1.54, 1.807) is 6.92 Å². The third-order valence-electron chi connectivity index (χ3n) is 3.07. The van der Waals surface area contributed by atoms with Gasteiger partial charge in [-0.05, 0) is 51.7 Å². The van der Waals surface area contributed by atoms with Gasteiger partial charge in [0.25, 0.3) is 5.91 Å². The van der Waals surface area contributed by atoms with Gasteiger partial charge in [0, 0.05) is 6.54 Å². The number of aryl methyl sites for hydroxylation is 3. The largest absolute Gasteiger partial charge is 0.483 e. The van der Waals surface area contributed by atoms with Gasteiger partial charge in [0.1, 0.15) is 5.75 Å². The Kier molecular flexibility index (Phi) is 6.52. The van der Waals surface area contributed by atoms with Gasteiger partial charge in [0.2, 0.25) is 0 Å². The van der Waals surface area contributed by atoms with Crippen molar-refractivity contribution in [1.29, 1.82) is 0 Å². The van der Waals surface area contributed by atoms with Crippen molar-refractivity contribution in [2.24, 2.45) is 0 Å². The van der Waals surface area contributed by atoms with Crippen molar-refractivity contribution >= 4 is 5.91 Å². The molecule has 1 amide bonds. The van der Waals surface area contributed by atoms with Crippen LogP contribution in [-0.2, 0) is 4.79 Å². The normalized spacial score (nSPS) is 12.1. The summed E-state index contributed by atoms with van der Waals surface area (Å²) in [6.07, 6.45) is 1.14. The quantitative estimate of drug-likeness (QED) is 0.753. The lowest BCUT2D eigenvalue weighted by Crippen LogP contribution is -2.30. The summed E-state index contributed by atoms with van der Waals surface area (Å²) in [5, 5.41) is 11.9. The highest BCUT2D eigenvalue weighted by atomic mass is 16.5. The number of benzene rings is 1. The molecule has 0 bridgehead atoms. The molecular weight excluding hydrogens is 254 g/mol. The number of hydrogen-bond donors (Lipinski definition) is 2. The van der Waals surface area contributed by atoms with Gasteiger partial charge in [-0.15, -0.1) is 0 Å². The van der Waals surface area contributed by atoms with Crippen LogP contribution in [0.1, 0.15) is 36.5 Å². The van der Waals surface area contributed by atoms with Crippen molar-refractivity contribution in [1.82, 2.24) is 5.32 Å². The number of carbonyl (C=O) groups excluding carboxylic acids is 1. The lowest BCUT2D eigenvalue weighted by atomic mass is 10.1. The van der Waals surface area contributed by atoms with E-state index in [4.69, 9.17) is 9.84 Å². The minimum absolute atomic E-state index is 0.0272. The van der Waals surface area contributed by atoms with Gasteiger partial charge in [-0.1, -0.05) is 17.7 Å². The van der Waals surface area contributed by atoms with Crippen molar-refractivity contribution in [2.75, 3.05) is 13.2 Å². The summed E-state index contributed by atoms with van der Waals surface area (Å²) in [7, 11) is 0. The second-order valence-electron chi connectivity index (χ2n) is 5.36. The highest BCUT2D eigenvalue weighted by molar-refractivity contribution is 5.77. The Bertz CT molecular complexity index is 432. The first kappa shape index (κ1) is 16.5. The molecule has 1 rings (SSSR count). The molecule has 0 saturated carbocycles. The number of amides is 1. The molecule has 1 atom stereocenters. The Morgan fingerprint density at radius 2 is 1.90 bits per heavy atom. The molecule has 0 radical (unpaired) electrons. The van der Waals surface area contributed by atoms with Crippen LogP contribution in [0.4, 0.5) is 0 Å². The van der Waals surface area contributed by atoms with Crippen molar-refractivity contribution in [2.45, 2.75) is 46.6 Å². The number of rotatable bonds is 7. The van der Waals surface area contributed by atoms with E-state index in [1.807, 2.05) is 32.9 Å². The van der Waals surface area contributed by atoms with Crippen LogP contribution in [0.5, 0.6) is 5.75 Å². The van der Waals surface area contributed by atoms with E-state index in [-0.39, 0.29) is 18.6 Å². The van der Waals surface area contributed by atoms with Crippen LogP contribution in [-0.4, -0.2) is 30.3 Å². The molecule has 4 heteroatoms. The summed E-state index contributed by atoms with van der Waals surface area (Å²) in [4.78, 5) is 11.7. The molecule has 0 aromatic heterocycles. The van der Waals surface area contributed by atoms with Crippen LogP contribution < -0.4 is 10.1 Å². The second kappa shape index (κ2) is 7.90. The van der Waals surface area contributed by atoms with Crippen molar-refractivity contribution in [3.8, 4) is 5.75 Å². The molecule has 0 fully saturated rings. The summed E-state index contributed by atoms with van der Waals surface area (Å²) < 4.78 is 5.60. The van der Waals surface area contributed by atoms with E-state index in [0.717, 1.165) is 23.3 Å². The maximum Gasteiger partial charge on any atom is 0.257 e. The third-order valence-corrected chi connectivity index (χ3v) is 3.07. The number of nitrogens with one attached hydrogen (secondary N) is 1. The van der Waals surface area contributed by atoms with Crippen LogP contribution in [0.2, 0.25) is 0 Å². The smallest absolute Gasteiger partial charge is 0.257 e. The number of ether oxygens (including phenoxy) is 1. The van der Waals surface area contributed by atoms with Gasteiger partial charge in [-0.2, -0.15) is 0 Å². The third kappa shape index (κ3) is 5.61. The van der Waals surface area contributed by atoms with Gasteiger partial charge < -0.3 is 15.2 Å². The van der Waals surface area contributed by atoms with E-state index >= 15 is 0 Å². The first-order valence-corrected chi connectivity index (χ1v) is 7.05. The van der Waals surface area contributed by atoms with Crippen molar-refractivity contribution in [3.63, 3.8) is 0 Å². The van der Waals surface area contributed by atoms with E-state index in [0.29, 0.717) is 13.0 Å². The summed E-state index contributed by atoms with van der Waals surface area (Å²) in [5.74, 6) is 0.657. The Hall–Kier alpha value is -1.55. The van der Waals surface area contributed by atoms with E-state index in [1.165, 1.54) is 5.56 Å². The molecule has 20 heavy (non-hydrogen) atoms. The zero-order chi connectivity index (χ0) is 15.1. The molecule has 0 spiro atoms. The molecule has 2 N–H and O–H groups in total. The second-order valence-corrected chi connectivity index (χ2v) is 5.36. The van der Waals surface area contributed by atoms with Crippen LogP contribution in [0.15, 0.2) is 12.1 Å². The molecule has 1 aromatic rings. The van der Waals surface area contributed by atoms with E-state index < -0.39 is 0 Å². The maximum atomic E-state index is 11.7. The fourth-order valence-corrected chi connectivity index (χ4v) is 2.21. The zero-order valence-corrected chi connectivity index (χ0v) is 12.8. The van der Waals surface area contributed by atoms with E-state index in [9.17, 15) is 4.79 Å². The minimum atomic E-state index is -0.319. The molecule has 1 unspecified atom stereocenters. The first-order chi connectivity index (χ1) is 9.40. The Balaban J connectivity index is 2.38. The average molecular weight is 279 g/mol. The molecule has 112 valence electrons. The highest BCUT2D eigenvalue weighted by Crippen LogP contribution is 2.24. The van der Waals surface area contributed by atoms with E-state index in [2.05, 4.69) is 5.32 Å². The fraction of sp³-hybridized carbons (Fsp3) is 0.562. The van der Waals surface area contributed by atoms with Gasteiger partial charge >= 0.3 is 0 Å². The molecular formula is C16H25NO3. The molecule has 0 aliphatic rings. The zero-order valence-electron chi connectivity index (χ0n) is 12.8. The monoisotopic (exact) mass is 279 g/mol. The maximum absolute atomic E-state index is 11.7. The Morgan fingerprint density at radius 3 is 2.45 bits per heavy atom. The lowest BCUT2D eigenvalue weighted by Gasteiger charge is -2.13. The lowest BCUT2D eigenvalue weighted by molar-refractivity contribution is -0.123. The highest BCUT2D eigenvalue weighted by Gasteiger charge is 2.08. The summed E-state index contributed by atoms with van der Waals surface area (Å²) in [5.41, 5.74) is 3.28.